The molecule has 0 spiro atoms. The lowest BCUT2D eigenvalue weighted by atomic mass is 10.0. The van der Waals surface area contributed by atoms with E-state index in [0.29, 0.717) is 6.42 Å². The molecule has 0 aliphatic heterocycles. The van der Waals surface area contributed by atoms with Gasteiger partial charge >= 0.3 is 0 Å². The molecule has 5 nitrogen and oxygen atoms in total. The fraction of sp³-hybridized carbons (Fsp3) is 0.833. The molecule has 0 aromatic heterocycles. The number of unbranched alkanes of at least 4 members (excludes halogenated alkanes) is 23. The van der Waals surface area contributed by atoms with E-state index in [4.69, 9.17) is 0 Å². The van der Waals surface area contributed by atoms with Gasteiger partial charge in [-0.25, -0.2) is 0 Å². The second kappa shape index (κ2) is 37.4. The number of rotatable bonds is 36. The van der Waals surface area contributed by atoms with Gasteiger partial charge in [-0.05, 0) is 51.4 Å². The van der Waals surface area contributed by atoms with E-state index in [2.05, 4.69) is 43.5 Å². The molecule has 0 rings (SSSR count). The average molecular weight is 662 g/mol. The highest BCUT2D eigenvalue weighted by molar-refractivity contribution is 5.76. The molecular weight excluding hydrogens is 582 g/mol. The fourth-order valence-corrected chi connectivity index (χ4v) is 6.02. The summed E-state index contributed by atoms with van der Waals surface area (Å²) in [6.07, 6.45) is 45.7. The highest BCUT2D eigenvalue weighted by atomic mass is 16.3. The number of carbonyl (C=O) groups excluding carboxylic acids is 1. The maximum absolute atomic E-state index is 12.4. The van der Waals surface area contributed by atoms with Crippen molar-refractivity contribution in [3.05, 3.63) is 36.5 Å². The lowest BCUT2D eigenvalue weighted by molar-refractivity contribution is -0.124. The first kappa shape index (κ1) is 45.6. The highest BCUT2D eigenvalue weighted by Crippen LogP contribution is 2.14. The van der Waals surface area contributed by atoms with Gasteiger partial charge in [-0.2, -0.15) is 0 Å². The van der Waals surface area contributed by atoms with Crippen molar-refractivity contribution in [3.8, 4) is 0 Å². The van der Waals surface area contributed by atoms with E-state index >= 15 is 0 Å². The van der Waals surface area contributed by atoms with Crippen molar-refractivity contribution in [2.45, 2.75) is 218 Å². The molecule has 0 aromatic rings. The molecule has 47 heavy (non-hydrogen) atoms. The number of hydrogen-bond acceptors (Lipinski definition) is 4. The number of aliphatic hydroxyl groups excluding tert-OH is 3. The van der Waals surface area contributed by atoms with Gasteiger partial charge in [-0.1, -0.05) is 179 Å². The van der Waals surface area contributed by atoms with Crippen LogP contribution in [0.4, 0.5) is 0 Å². The molecule has 0 heterocycles. The van der Waals surface area contributed by atoms with Gasteiger partial charge in [0.1, 0.15) is 0 Å². The SMILES string of the molecule is CCCCCCCCC/C=C/C(O)C(CO)NC(=O)CC(O)CCCCCCCCC/C=C\C/C=C\CCCCCCCCCCC. The molecule has 1 amide bonds. The molecule has 4 N–H and O–H groups in total. The van der Waals surface area contributed by atoms with E-state index in [-0.39, 0.29) is 18.9 Å². The van der Waals surface area contributed by atoms with Gasteiger partial charge in [0.25, 0.3) is 0 Å². The lowest BCUT2D eigenvalue weighted by Gasteiger charge is -2.21. The van der Waals surface area contributed by atoms with Crippen LogP contribution in [-0.2, 0) is 4.79 Å². The summed E-state index contributed by atoms with van der Waals surface area (Å²) in [5, 5.41) is 33.0. The van der Waals surface area contributed by atoms with Crippen molar-refractivity contribution < 1.29 is 20.1 Å². The summed E-state index contributed by atoms with van der Waals surface area (Å²) in [6.45, 7) is 4.17. The third-order valence-corrected chi connectivity index (χ3v) is 9.17. The van der Waals surface area contributed by atoms with Crippen molar-refractivity contribution in [1.29, 1.82) is 0 Å². The summed E-state index contributed by atoms with van der Waals surface area (Å²) in [5.41, 5.74) is 0. The molecule has 0 fully saturated rings. The summed E-state index contributed by atoms with van der Waals surface area (Å²) in [5.74, 6) is -0.324. The number of carbonyl (C=O) groups is 1. The Balaban J connectivity index is 3.65. The zero-order chi connectivity index (χ0) is 34.5. The van der Waals surface area contributed by atoms with E-state index in [1.807, 2.05) is 6.08 Å². The first-order chi connectivity index (χ1) is 23.0. The Kier molecular flexibility index (Phi) is 36.3. The monoisotopic (exact) mass is 662 g/mol. The standard InChI is InChI=1S/C42H79NO4/c1-3-5-7-9-11-13-14-15-16-17-18-19-20-21-22-23-24-25-26-28-29-31-33-35-39(45)37-42(47)43-40(38-44)41(46)36-34-32-30-27-12-10-8-6-4-2/h18-19,21-22,34,36,39-41,44-46H,3-17,20,23-33,35,37-38H2,1-2H3,(H,43,47)/b19-18-,22-21-,36-34+. The maximum atomic E-state index is 12.4. The van der Waals surface area contributed by atoms with Gasteiger partial charge in [-0.15, -0.1) is 0 Å². The van der Waals surface area contributed by atoms with E-state index in [1.165, 1.54) is 141 Å². The van der Waals surface area contributed by atoms with Crippen molar-refractivity contribution in [1.82, 2.24) is 5.32 Å². The van der Waals surface area contributed by atoms with Crippen LogP contribution in [0.25, 0.3) is 0 Å². The normalized spacial score (nSPS) is 14.1. The van der Waals surface area contributed by atoms with Crippen LogP contribution in [0, 0.1) is 0 Å². The molecule has 0 saturated carbocycles. The van der Waals surface area contributed by atoms with Crippen LogP contribution in [0.5, 0.6) is 0 Å². The molecule has 0 aliphatic rings. The third kappa shape index (κ3) is 34.2. The minimum absolute atomic E-state index is 0.00752. The van der Waals surface area contributed by atoms with Gasteiger partial charge in [0.2, 0.25) is 5.91 Å². The number of amides is 1. The van der Waals surface area contributed by atoms with Crippen molar-refractivity contribution in [2.24, 2.45) is 0 Å². The maximum Gasteiger partial charge on any atom is 0.222 e. The van der Waals surface area contributed by atoms with Crippen LogP contribution in [0.15, 0.2) is 36.5 Å². The first-order valence-electron chi connectivity index (χ1n) is 20.3. The first-order valence-corrected chi connectivity index (χ1v) is 20.3. The van der Waals surface area contributed by atoms with Crippen LogP contribution in [-0.4, -0.2) is 46.1 Å². The fourth-order valence-electron chi connectivity index (χ4n) is 6.02. The van der Waals surface area contributed by atoms with Gasteiger partial charge in [0.15, 0.2) is 0 Å². The van der Waals surface area contributed by atoms with Gasteiger partial charge in [0, 0.05) is 0 Å². The minimum atomic E-state index is -0.928. The topological polar surface area (TPSA) is 89.8 Å². The Morgan fingerprint density at radius 2 is 0.957 bits per heavy atom. The summed E-state index contributed by atoms with van der Waals surface area (Å²) in [6, 6.07) is -0.744. The van der Waals surface area contributed by atoms with Gasteiger partial charge < -0.3 is 20.6 Å². The smallest absolute Gasteiger partial charge is 0.222 e. The zero-order valence-corrected chi connectivity index (χ0v) is 31.2. The third-order valence-electron chi connectivity index (χ3n) is 9.17. The van der Waals surface area contributed by atoms with Crippen LogP contribution in [0.1, 0.15) is 200 Å². The Hall–Kier alpha value is -1.43. The zero-order valence-electron chi connectivity index (χ0n) is 31.2. The highest BCUT2D eigenvalue weighted by Gasteiger charge is 2.20. The summed E-state index contributed by atoms with van der Waals surface area (Å²) in [7, 11) is 0. The largest absolute Gasteiger partial charge is 0.394 e. The molecule has 0 bridgehead atoms. The summed E-state index contributed by atoms with van der Waals surface area (Å²) in [4.78, 5) is 12.4. The lowest BCUT2D eigenvalue weighted by Crippen LogP contribution is -2.45. The molecule has 3 atom stereocenters. The molecule has 0 aromatic carbocycles. The van der Waals surface area contributed by atoms with Crippen molar-refractivity contribution in [3.63, 3.8) is 0 Å². The van der Waals surface area contributed by atoms with E-state index in [1.54, 1.807) is 6.08 Å². The quantitative estimate of drug-likeness (QED) is 0.0397. The molecule has 5 heteroatoms. The van der Waals surface area contributed by atoms with Crippen molar-refractivity contribution in [2.75, 3.05) is 6.61 Å². The van der Waals surface area contributed by atoms with Gasteiger partial charge in [0.05, 0.1) is 31.3 Å². The van der Waals surface area contributed by atoms with E-state index < -0.39 is 18.2 Å². The predicted octanol–water partition coefficient (Wildman–Crippen LogP) is 11.2. The second-order valence-electron chi connectivity index (χ2n) is 13.9. The minimum Gasteiger partial charge on any atom is -0.394 e. The summed E-state index contributed by atoms with van der Waals surface area (Å²) < 4.78 is 0. The summed E-state index contributed by atoms with van der Waals surface area (Å²) >= 11 is 0. The second-order valence-corrected chi connectivity index (χ2v) is 13.9. The Bertz CT molecular complexity index is 734. The van der Waals surface area contributed by atoms with Crippen molar-refractivity contribution >= 4 is 5.91 Å². The number of hydrogen-bond donors (Lipinski definition) is 4. The molecule has 0 radical (unpaired) electrons. The van der Waals surface area contributed by atoms with Crippen LogP contribution >= 0.6 is 0 Å². The number of aliphatic hydroxyl groups is 3. The Morgan fingerprint density at radius 3 is 1.40 bits per heavy atom. The predicted molar refractivity (Wildman–Crippen MR) is 204 cm³/mol. The number of allylic oxidation sites excluding steroid dienone is 5. The average Bonchev–Trinajstić information content (AvgIpc) is 3.06. The van der Waals surface area contributed by atoms with Crippen LogP contribution in [0.2, 0.25) is 0 Å². The van der Waals surface area contributed by atoms with Crippen LogP contribution < -0.4 is 5.32 Å². The molecular formula is C42H79NO4. The number of nitrogens with one attached hydrogen (secondary N) is 1. The Morgan fingerprint density at radius 1 is 0.553 bits per heavy atom. The molecule has 0 aliphatic carbocycles. The molecule has 3 unspecified atom stereocenters. The van der Waals surface area contributed by atoms with E-state index in [9.17, 15) is 20.1 Å². The van der Waals surface area contributed by atoms with Gasteiger partial charge in [-0.3, -0.25) is 4.79 Å². The van der Waals surface area contributed by atoms with E-state index in [0.717, 1.165) is 32.1 Å². The Labute approximate surface area is 292 Å². The molecule has 276 valence electrons. The molecule has 0 saturated heterocycles. The van der Waals surface area contributed by atoms with Crippen LogP contribution in [0.3, 0.4) is 0 Å².